The van der Waals surface area contributed by atoms with E-state index < -0.39 is 34.5 Å². The van der Waals surface area contributed by atoms with Gasteiger partial charge in [0.2, 0.25) is 5.91 Å². The molecule has 2 rings (SSSR count). The zero-order chi connectivity index (χ0) is 18.2. The molecular formula is C15H26N2O7. The molecule has 2 heterocycles. The molecule has 0 saturated carbocycles. The molecule has 0 radical (unpaired) electrons. The number of carbonyl (C=O) groups excluding carboxylic acids is 2. The minimum absolute atomic E-state index is 0.0453. The lowest BCUT2D eigenvalue weighted by molar-refractivity contribution is -0.274. The number of nitrogens with one attached hydrogen (secondary N) is 1. The Morgan fingerprint density at radius 1 is 0.917 bits per heavy atom. The highest BCUT2D eigenvalue weighted by molar-refractivity contribution is 5.93. The first-order valence-electron chi connectivity index (χ1n) is 7.69. The van der Waals surface area contributed by atoms with E-state index in [1.807, 2.05) is 0 Å². The topological polar surface area (TPSA) is 118 Å². The lowest BCUT2D eigenvalue weighted by atomic mass is 9.95. The molecule has 2 saturated heterocycles. The molecule has 9 nitrogen and oxygen atoms in total. The van der Waals surface area contributed by atoms with Crippen molar-refractivity contribution in [3.63, 3.8) is 0 Å². The third kappa shape index (κ3) is 3.86. The lowest BCUT2D eigenvalue weighted by Crippen LogP contribution is -2.72. The molecule has 9 heteroatoms. The van der Waals surface area contributed by atoms with E-state index >= 15 is 0 Å². The Morgan fingerprint density at radius 3 is 1.75 bits per heavy atom. The smallest absolute Gasteiger partial charge is 0.336 e. The second-order valence-corrected chi connectivity index (χ2v) is 7.14. The van der Waals surface area contributed by atoms with Crippen LogP contribution in [0.4, 0.5) is 0 Å². The van der Waals surface area contributed by atoms with Gasteiger partial charge in [-0.2, -0.15) is 0 Å². The summed E-state index contributed by atoms with van der Waals surface area (Å²) >= 11 is 0. The normalized spacial score (nSPS) is 27.1. The van der Waals surface area contributed by atoms with Crippen molar-refractivity contribution in [3.05, 3.63) is 0 Å². The van der Waals surface area contributed by atoms with E-state index in [2.05, 4.69) is 5.32 Å². The highest BCUT2D eigenvalue weighted by Crippen LogP contribution is 2.27. The predicted molar refractivity (Wildman–Crippen MR) is 81.8 cm³/mol. The molecular weight excluding hydrogens is 320 g/mol. The second-order valence-electron chi connectivity index (χ2n) is 7.14. The molecule has 3 N–H and O–H groups in total. The maximum atomic E-state index is 12.7. The largest absolute Gasteiger partial charge is 0.467 e. The number of esters is 1. The van der Waals surface area contributed by atoms with Crippen LogP contribution < -0.4 is 11.1 Å². The van der Waals surface area contributed by atoms with Crippen molar-refractivity contribution < 1.29 is 33.3 Å². The Labute approximate surface area is 141 Å². The van der Waals surface area contributed by atoms with E-state index in [9.17, 15) is 9.59 Å². The summed E-state index contributed by atoms with van der Waals surface area (Å²) in [6, 6.07) is 0. The number of methoxy groups -OCH3 is 1. The van der Waals surface area contributed by atoms with E-state index in [1.165, 1.54) is 7.11 Å². The highest BCUT2D eigenvalue weighted by Gasteiger charge is 2.52. The van der Waals surface area contributed by atoms with Gasteiger partial charge in [-0.3, -0.25) is 4.79 Å². The number of hydrogen-bond donors (Lipinski definition) is 2. The van der Waals surface area contributed by atoms with Gasteiger partial charge in [-0.15, -0.1) is 0 Å². The summed E-state index contributed by atoms with van der Waals surface area (Å²) in [5, 5.41) is 2.61. The van der Waals surface area contributed by atoms with Gasteiger partial charge >= 0.3 is 5.97 Å². The van der Waals surface area contributed by atoms with Crippen molar-refractivity contribution in [1.29, 1.82) is 0 Å². The molecule has 0 aromatic carbocycles. The third-order valence-corrected chi connectivity index (χ3v) is 4.07. The molecule has 1 amide bonds. The maximum absolute atomic E-state index is 12.7. The molecule has 0 atom stereocenters. The molecule has 0 spiro atoms. The summed E-state index contributed by atoms with van der Waals surface area (Å²) in [6.07, 6.45) is 0. The van der Waals surface area contributed by atoms with Crippen molar-refractivity contribution in [3.8, 4) is 0 Å². The van der Waals surface area contributed by atoms with Gasteiger partial charge in [-0.25, -0.2) is 4.79 Å². The van der Waals surface area contributed by atoms with Crippen molar-refractivity contribution in [2.75, 3.05) is 33.5 Å². The van der Waals surface area contributed by atoms with Crippen LogP contribution >= 0.6 is 0 Å². The van der Waals surface area contributed by atoms with Crippen LogP contribution in [-0.4, -0.2) is 68.1 Å². The Morgan fingerprint density at radius 2 is 1.33 bits per heavy atom. The van der Waals surface area contributed by atoms with Gasteiger partial charge < -0.3 is 34.7 Å². The average Bonchev–Trinajstić information content (AvgIpc) is 2.52. The minimum Gasteiger partial charge on any atom is -0.467 e. The Hall–Kier alpha value is -1.26. The number of ether oxygens (including phenoxy) is 5. The Balaban J connectivity index is 2.13. The first-order chi connectivity index (χ1) is 10.9. The summed E-state index contributed by atoms with van der Waals surface area (Å²) < 4.78 is 26.7. The van der Waals surface area contributed by atoms with Crippen LogP contribution in [0, 0.1) is 0 Å². The first-order valence-corrected chi connectivity index (χ1v) is 7.69. The monoisotopic (exact) mass is 346 g/mol. The van der Waals surface area contributed by atoms with Crippen molar-refractivity contribution >= 4 is 11.9 Å². The van der Waals surface area contributed by atoms with Gasteiger partial charge in [0.15, 0.2) is 17.1 Å². The molecule has 0 bridgehead atoms. The van der Waals surface area contributed by atoms with Crippen molar-refractivity contribution in [2.45, 2.75) is 50.3 Å². The second kappa shape index (κ2) is 6.23. The van der Waals surface area contributed by atoms with Gasteiger partial charge in [0, 0.05) is 0 Å². The van der Waals surface area contributed by atoms with Crippen LogP contribution in [0.2, 0.25) is 0 Å². The average molecular weight is 346 g/mol. The van der Waals surface area contributed by atoms with Crippen molar-refractivity contribution in [2.24, 2.45) is 5.73 Å². The molecule has 0 aromatic heterocycles. The molecule has 138 valence electrons. The van der Waals surface area contributed by atoms with Crippen LogP contribution in [0.25, 0.3) is 0 Å². The van der Waals surface area contributed by atoms with E-state index in [-0.39, 0.29) is 26.4 Å². The van der Waals surface area contributed by atoms with E-state index in [0.29, 0.717) is 0 Å². The molecule has 0 aromatic rings. The van der Waals surface area contributed by atoms with Crippen molar-refractivity contribution in [1.82, 2.24) is 5.32 Å². The number of carbonyl (C=O) groups is 2. The standard InChI is InChI=1S/C15H26N2O7/c1-12(2)21-6-14(16,7-22-12)10(18)17-15(11(19)20-5)8-23-13(3,4)24-9-15/h6-9,16H2,1-5H3,(H,17,18). The van der Waals surface area contributed by atoms with E-state index in [4.69, 9.17) is 29.4 Å². The third-order valence-electron chi connectivity index (χ3n) is 4.07. The Bertz CT molecular complexity index is 498. The minimum atomic E-state index is -1.47. The fraction of sp³-hybridized carbons (Fsp3) is 0.867. The van der Waals surface area contributed by atoms with Crippen LogP contribution in [0.15, 0.2) is 0 Å². The summed E-state index contributed by atoms with van der Waals surface area (Å²) in [7, 11) is 1.23. The zero-order valence-corrected chi connectivity index (χ0v) is 14.8. The molecule has 2 aliphatic heterocycles. The number of nitrogens with two attached hydrogens (primary N) is 1. The number of rotatable bonds is 3. The van der Waals surface area contributed by atoms with Crippen LogP contribution in [0.3, 0.4) is 0 Å². The van der Waals surface area contributed by atoms with Gasteiger partial charge in [-0.1, -0.05) is 0 Å². The van der Waals surface area contributed by atoms with Crippen LogP contribution in [0.5, 0.6) is 0 Å². The number of hydrogen-bond acceptors (Lipinski definition) is 8. The summed E-state index contributed by atoms with van der Waals surface area (Å²) in [5.74, 6) is -2.95. The summed E-state index contributed by atoms with van der Waals surface area (Å²) in [6.45, 7) is 6.60. The van der Waals surface area contributed by atoms with Crippen LogP contribution in [-0.2, 0) is 33.3 Å². The highest BCUT2D eigenvalue weighted by atomic mass is 16.7. The van der Waals surface area contributed by atoms with E-state index in [0.717, 1.165) is 0 Å². The fourth-order valence-electron chi connectivity index (χ4n) is 2.28. The fourth-order valence-corrected chi connectivity index (χ4v) is 2.28. The maximum Gasteiger partial charge on any atom is 0.336 e. The molecule has 0 unspecified atom stereocenters. The summed E-state index contributed by atoms with van der Waals surface area (Å²) in [5.41, 5.74) is 3.20. The predicted octanol–water partition coefficient (Wildman–Crippen LogP) is -0.722. The van der Waals surface area contributed by atoms with Crippen LogP contribution in [0.1, 0.15) is 27.7 Å². The number of amides is 1. The molecule has 2 aliphatic rings. The van der Waals surface area contributed by atoms with Gasteiger partial charge in [0.05, 0.1) is 33.5 Å². The molecule has 0 aliphatic carbocycles. The molecule has 2 fully saturated rings. The van der Waals surface area contributed by atoms with Gasteiger partial charge in [-0.05, 0) is 27.7 Å². The summed E-state index contributed by atoms with van der Waals surface area (Å²) in [4.78, 5) is 24.9. The Kier molecular flexibility index (Phi) is 4.95. The van der Waals surface area contributed by atoms with Gasteiger partial charge in [0.25, 0.3) is 0 Å². The van der Waals surface area contributed by atoms with E-state index in [1.54, 1.807) is 27.7 Å². The first kappa shape index (κ1) is 19.1. The quantitative estimate of drug-likeness (QED) is 0.643. The van der Waals surface area contributed by atoms with Gasteiger partial charge in [0.1, 0.15) is 5.54 Å². The zero-order valence-electron chi connectivity index (χ0n) is 14.8. The molecule has 24 heavy (non-hydrogen) atoms. The lowest BCUT2D eigenvalue weighted by Gasteiger charge is -2.44. The SMILES string of the molecule is COC(=O)C1(NC(=O)C2(N)COC(C)(C)OC2)COC(C)(C)OC1.